The molecule has 1 saturated heterocycles. The standard InChI is InChI=1S/C19H25FN4O3/c1-19(2,3)27-18(26)22-13-8-11-24(12-9-13)15-6-4-5-14(20)17(15)23-16(25)7-10-21/h4-6,13H,7-9,11-12H2,1-3H3,(H,22,26)(H,23,25). The van der Waals surface area contributed by atoms with Crippen molar-refractivity contribution >= 4 is 23.4 Å². The topological polar surface area (TPSA) is 94.5 Å². The molecule has 0 aromatic heterocycles. The fourth-order valence-electron chi connectivity index (χ4n) is 2.89. The molecule has 8 heteroatoms. The van der Waals surface area contributed by atoms with Crippen LogP contribution in [0.2, 0.25) is 0 Å². The SMILES string of the molecule is CC(C)(C)OC(=O)NC1CCN(c2cccc(F)c2NC(=O)CC#N)CC1. The van der Waals surface area contributed by atoms with Crippen molar-refractivity contribution in [2.75, 3.05) is 23.3 Å². The maximum Gasteiger partial charge on any atom is 0.407 e. The highest BCUT2D eigenvalue weighted by Crippen LogP contribution is 2.31. The van der Waals surface area contributed by atoms with Crippen LogP contribution in [0, 0.1) is 17.1 Å². The molecule has 2 N–H and O–H groups in total. The minimum absolute atomic E-state index is 0.0266. The van der Waals surface area contributed by atoms with Gasteiger partial charge in [0.15, 0.2) is 0 Å². The second-order valence-electron chi connectivity index (χ2n) is 7.42. The van der Waals surface area contributed by atoms with Crippen molar-refractivity contribution in [3.63, 3.8) is 0 Å². The maximum absolute atomic E-state index is 14.2. The zero-order valence-electron chi connectivity index (χ0n) is 15.8. The molecular weight excluding hydrogens is 351 g/mol. The fourth-order valence-corrected chi connectivity index (χ4v) is 2.89. The normalized spacial score (nSPS) is 15.0. The van der Waals surface area contributed by atoms with E-state index in [1.54, 1.807) is 39.0 Å². The Morgan fingerprint density at radius 2 is 2.00 bits per heavy atom. The minimum Gasteiger partial charge on any atom is -0.444 e. The van der Waals surface area contributed by atoms with E-state index in [9.17, 15) is 14.0 Å². The number of hydrogen-bond acceptors (Lipinski definition) is 5. The molecular formula is C19H25FN4O3. The Labute approximate surface area is 158 Å². The first-order valence-electron chi connectivity index (χ1n) is 8.89. The van der Waals surface area contributed by atoms with Crippen molar-refractivity contribution in [3.05, 3.63) is 24.0 Å². The first-order chi connectivity index (χ1) is 12.7. The molecule has 2 rings (SSSR count). The van der Waals surface area contributed by atoms with Gasteiger partial charge in [-0.3, -0.25) is 4.79 Å². The molecule has 0 spiro atoms. The predicted molar refractivity (Wildman–Crippen MR) is 99.9 cm³/mol. The highest BCUT2D eigenvalue weighted by molar-refractivity contribution is 5.95. The van der Waals surface area contributed by atoms with E-state index in [0.29, 0.717) is 31.6 Å². The van der Waals surface area contributed by atoms with Gasteiger partial charge in [0.2, 0.25) is 5.91 Å². The molecule has 0 radical (unpaired) electrons. The summed E-state index contributed by atoms with van der Waals surface area (Å²) >= 11 is 0. The minimum atomic E-state index is -0.553. The van der Waals surface area contributed by atoms with Crippen molar-refractivity contribution in [2.24, 2.45) is 0 Å². The van der Waals surface area contributed by atoms with Crippen LogP contribution in [0.4, 0.5) is 20.6 Å². The molecule has 1 heterocycles. The van der Waals surface area contributed by atoms with Crippen molar-refractivity contribution in [1.82, 2.24) is 5.32 Å². The van der Waals surface area contributed by atoms with Crippen LogP contribution >= 0.6 is 0 Å². The van der Waals surface area contributed by atoms with Crippen LogP contribution in [0.15, 0.2) is 18.2 Å². The average molecular weight is 376 g/mol. The number of hydrogen-bond donors (Lipinski definition) is 2. The Hall–Kier alpha value is -2.82. The third kappa shape index (κ3) is 6.13. The Morgan fingerprint density at radius 1 is 1.33 bits per heavy atom. The molecule has 1 aromatic rings. The molecule has 7 nitrogen and oxygen atoms in total. The zero-order valence-corrected chi connectivity index (χ0v) is 15.8. The third-order valence-corrected chi connectivity index (χ3v) is 4.05. The van der Waals surface area contributed by atoms with Gasteiger partial charge in [-0.15, -0.1) is 0 Å². The molecule has 1 fully saturated rings. The van der Waals surface area contributed by atoms with Gasteiger partial charge in [-0.25, -0.2) is 9.18 Å². The van der Waals surface area contributed by atoms with Crippen LogP contribution in [0.3, 0.4) is 0 Å². The van der Waals surface area contributed by atoms with Crippen LogP contribution in [0.1, 0.15) is 40.0 Å². The van der Waals surface area contributed by atoms with Gasteiger partial charge >= 0.3 is 6.09 Å². The highest BCUT2D eigenvalue weighted by atomic mass is 19.1. The summed E-state index contributed by atoms with van der Waals surface area (Å²) in [6.45, 7) is 6.60. The summed E-state index contributed by atoms with van der Waals surface area (Å²) in [6, 6.07) is 6.29. The van der Waals surface area contributed by atoms with E-state index in [-0.39, 0.29) is 18.2 Å². The number of nitriles is 1. The lowest BCUT2D eigenvalue weighted by molar-refractivity contribution is -0.115. The lowest BCUT2D eigenvalue weighted by Crippen LogP contribution is -2.46. The highest BCUT2D eigenvalue weighted by Gasteiger charge is 2.25. The molecule has 1 aliphatic rings. The predicted octanol–water partition coefficient (Wildman–Crippen LogP) is 3.17. The number of halogens is 1. The monoisotopic (exact) mass is 376 g/mol. The van der Waals surface area contributed by atoms with Crippen molar-refractivity contribution in [3.8, 4) is 6.07 Å². The number of nitrogens with zero attached hydrogens (tertiary/aromatic N) is 2. The van der Waals surface area contributed by atoms with Crippen LogP contribution in [0.25, 0.3) is 0 Å². The summed E-state index contributed by atoms with van der Waals surface area (Å²) in [5, 5.41) is 13.9. The van der Waals surface area contributed by atoms with Crippen molar-refractivity contribution in [1.29, 1.82) is 5.26 Å². The Kier molecular flexibility index (Phi) is 6.61. The number of carbonyl (C=O) groups is 2. The second-order valence-corrected chi connectivity index (χ2v) is 7.42. The van der Waals surface area contributed by atoms with Gasteiger partial charge in [-0.05, 0) is 45.7 Å². The molecule has 0 atom stereocenters. The molecule has 1 aromatic carbocycles. The number of alkyl carbamates (subject to hydrolysis) is 1. The van der Waals surface area contributed by atoms with Gasteiger partial charge in [0, 0.05) is 19.1 Å². The molecule has 0 aliphatic carbocycles. The smallest absolute Gasteiger partial charge is 0.407 e. The van der Waals surface area contributed by atoms with Gasteiger partial charge in [-0.1, -0.05) is 6.07 Å². The van der Waals surface area contributed by atoms with Crippen molar-refractivity contribution < 1.29 is 18.7 Å². The van der Waals surface area contributed by atoms with Gasteiger partial charge in [0.1, 0.15) is 23.5 Å². The van der Waals surface area contributed by atoms with Crippen molar-refractivity contribution in [2.45, 2.75) is 51.7 Å². The third-order valence-electron chi connectivity index (χ3n) is 4.05. The van der Waals surface area contributed by atoms with Gasteiger partial charge in [0.25, 0.3) is 0 Å². The summed E-state index contributed by atoms with van der Waals surface area (Å²) in [7, 11) is 0. The Bertz CT molecular complexity index is 731. The van der Waals surface area contributed by atoms with Gasteiger partial charge < -0.3 is 20.3 Å². The summed E-state index contributed by atoms with van der Waals surface area (Å²) in [4.78, 5) is 25.6. The maximum atomic E-state index is 14.2. The Balaban J connectivity index is 2.00. The first-order valence-corrected chi connectivity index (χ1v) is 8.89. The van der Waals surface area contributed by atoms with Crippen LogP contribution in [-0.2, 0) is 9.53 Å². The van der Waals surface area contributed by atoms with Crippen LogP contribution in [-0.4, -0.2) is 36.7 Å². The number of piperidine rings is 1. The number of nitrogens with one attached hydrogen (secondary N) is 2. The van der Waals surface area contributed by atoms with E-state index >= 15 is 0 Å². The number of para-hydroxylation sites is 1. The molecule has 0 unspecified atom stereocenters. The number of anilines is 2. The van der Waals surface area contributed by atoms with Crippen LogP contribution < -0.4 is 15.5 Å². The van der Waals surface area contributed by atoms with E-state index in [4.69, 9.17) is 10.00 Å². The molecule has 146 valence electrons. The summed E-state index contributed by atoms with van der Waals surface area (Å²) < 4.78 is 19.5. The van der Waals surface area contributed by atoms with E-state index in [0.717, 1.165) is 0 Å². The van der Waals surface area contributed by atoms with E-state index in [2.05, 4.69) is 10.6 Å². The average Bonchev–Trinajstić information content (AvgIpc) is 2.56. The molecule has 27 heavy (non-hydrogen) atoms. The summed E-state index contributed by atoms with van der Waals surface area (Å²) in [6.07, 6.45) is 0.550. The number of ether oxygens (including phenoxy) is 1. The number of amides is 2. The molecule has 1 aliphatic heterocycles. The Morgan fingerprint density at radius 3 is 2.59 bits per heavy atom. The zero-order chi connectivity index (χ0) is 20.0. The number of carbonyl (C=O) groups excluding carboxylic acids is 2. The number of rotatable bonds is 4. The van der Waals surface area contributed by atoms with Crippen LogP contribution in [0.5, 0.6) is 0 Å². The van der Waals surface area contributed by atoms with E-state index in [1.165, 1.54) is 6.07 Å². The summed E-state index contributed by atoms with van der Waals surface area (Å²) in [5.74, 6) is -1.10. The summed E-state index contributed by atoms with van der Waals surface area (Å²) in [5.41, 5.74) is 0.0939. The molecule has 2 amide bonds. The van der Waals surface area contributed by atoms with E-state index in [1.807, 2.05) is 4.90 Å². The van der Waals surface area contributed by atoms with Gasteiger partial charge in [0.05, 0.1) is 11.8 Å². The molecule has 0 saturated carbocycles. The lowest BCUT2D eigenvalue weighted by Gasteiger charge is -2.35. The van der Waals surface area contributed by atoms with Gasteiger partial charge in [-0.2, -0.15) is 5.26 Å². The first kappa shape index (κ1) is 20.5. The van der Waals surface area contributed by atoms with E-state index < -0.39 is 23.4 Å². The quantitative estimate of drug-likeness (QED) is 0.842. The second kappa shape index (κ2) is 8.71. The number of benzene rings is 1. The molecule has 0 bridgehead atoms. The largest absolute Gasteiger partial charge is 0.444 e. The fraction of sp³-hybridized carbons (Fsp3) is 0.526. The lowest BCUT2D eigenvalue weighted by atomic mass is 10.0.